The van der Waals surface area contributed by atoms with Gasteiger partial charge in [0.1, 0.15) is 0 Å². The number of piperazine rings is 1. The predicted molar refractivity (Wildman–Crippen MR) is 113 cm³/mol. The van der Waals surface area contributed by atoms with E-state index in [-0.39, 0.29) is 17.7 Å². The first kappa shape index (κ1) is 19.3. The lowest BCUT2D eigenvalue weighted by atomic mass is 9.94. The van der Waals surface area contributed by atoms with Crippen LogP contribution in [0.5, 0.6) is 0 Å². The van der Waals surface area contributed by atoms with Crippen LogP contribution in [0.25, 0.3) is 0 Å². The highest BCUT2D eigenvalue weighted by Gasteiger charge is 2.32. The van der Waals surface area contributed by atoms with Crippen molar-refractivity contribution in [1.29, 1.82) is 0 Å². The molecule has 0 saturated carbocycles. The van der Waals surface area contributed by atoms with Gasteiger partial charge in [-0.2, -0.15) is 0 Å². The minimum absolute atomic E-state index is 0.0271. The fraction of sp³-hybridized carbons (Fsp3) is 0.429. The first-order chi connectivity index (χ1) is 13.6. The Bertz CT molecular complexity index is 826. The predicted octanol–water partition coefficient (Wildman–Crippen LogP) is 3.60. The van der Waals surface area contributed by atoms with Crippen LogP contribution in [0.1, 0.15) is 22.5 Å². The summed E-state index contributed by atoms with van der Waals surface area (Å²) in [4.78, 5) is 32.3. The normalized spacial score (nSPS) is 18.4. The van der Waals surface area contributed by atoms with Crippen LogP contribution < -0.4 is 4.90 Å². The maximum Gasteiger partial charge on any atom is 0.263 e. The zero-order valence-corrected chi connectivity index (χ0v) is 17.3. The Balaban J connectivity index is 1.28. The van der Waals surface area contributed by atoms with Crippen LogP contribution in [0.4, 0.5) is 5.69 Å². The highest BCUT2D eigenvalue weighted by atomic mass is 35.5. The molecule has 2 amide bonds. The summed E-state index contributed by atoms with van der Waals surface area (Å²) in [5.41, 5.74) is 1.04. The Hall–Kier alpha value is -2.05. The number of likely N-dealkylation sites (tertiary alicyclic amines) is 1. The van der Waals surface area contributed by atoms with Crippen molar-refractivity contribution in [2.24, 2.45) is 5.92 Å². The van der Waals surface area contributed by atoms with Crippen molar-refractivity contribution in [2.45, 2.75) is 12.8 Å². The maximum atomic E-state index is 12.9. The number of anilines is 1. The second kappa shape index (κ2) is 8.53. The number of thiophene rings is 1. The summed E-state index contributed by atoms with van der Waals surface area (Å²) in [7, 11) is 0. The fourth-order valence-electron chi connectivity index (χ4n) is 4.02. The molecule has 0 unspecified atom stereocenters. The Morgan fingerprint density at radius 2 is 1.61 bits per heavy atom. The molecule has 148 valence electrons. The third-order valence-corrected chi connectivity index (χ3v) is 6.83. The zero-order chi connectivity index (χ0) is 19.5. The van der Waals surface area contributed by atoms with E-state index in [1.165, 1.54) is 11.3 Å². The van der Waals surface area contributed by atoms with Gasteiger partial charge in [-0.3, -0.25) is 9.59 Å². The maximum absolute atomic E-state index is 12.9. The molecule has 0 aliphatic carbocycles. The highest BCUT2D eigenvalue weighted by Crippen LogP contribution is 2.27. The Morgan fingerprint density at radius 1 is 0.893 bits per heavy atom. The van der Waals surface area contributed by atoms with Gasteiger partial charge in [-0.25, -0.2) is 0 Å². The van der Waals surface area contributed by atoms with Crippen LogP contribution in [0.15, 0.2) is 41.8 Å². The monoisotopic (exact) mass is 417 g/mol. The number of carbonyl (C=O) groups excluding carboxylic acids is 2. The molecule has 0 N–H and O–H groups in total. The molecule has 0 radical (unpaired) electrons. The molecule has 5 nitrogen and oxygen atoms in total. The summed E-state index contributed by atoms with van der Waals surface area (Å²) >= 11 is 7.77. The number of carbonyl (C=O) groups is 2. The van der Waals surface area contributed by atoms with E-state index in [0.717, 1.165) is 54.6 Å². The molecular weight excluding hydrogens is 394 g/mol. The van der Waals surface area contributed by atoms with Crippen LogP contribution in [0.2, 0.25) is 5.02 Å². The number of piperidine rings is 1. The number of nitrogens with zero attached hydrogens (tertiary/aromatic N) is 3. The summed E-state index contributed by atoms with van der Waals surface area (Å²) < 4.78 is 0. The van der Waals surface area contributed by atoms with Crippen molar-refractivity contribution < 1.29 is 9.59 Å². The molecule has 0 atom stereocenters. The van der Waals surface area contributed by atoms with Crippen LogP contribution >= 0.6 is 22.9 Å². The molecule has 2 saturated heterocycles. The molecule has 2 aromatic rings. The molecular formula is C21H24ClN3O2S. The van der Waals surface area contributed by atoms with Gasteiger partial charge in [0.15, 0.2) is 0 Å². The van der Waals surface area contributed by atoms with Crippen LogP contribution in [-0.2, 0) is 4.79 Å². The molecule has 3 heterocycles. The van der Waals surface area contributed by atoms with Crippen LogP contribution in [0.3, 0.4) is 0 Å². The number of hydrogen-bond acceptors (Lipinski definition) is 4. The first-order valence-electron chi connectivity index (χ1n) is 9.74. The van der Waals surface area contributed by atoms with Crippen molar-refractivity contribution in [3.8, 4) is 0 Å². The van der Waals surface area contributed by atoms with Crippen molar-refractivity contribution in [3.63, 3.8) is 0 Å². The smallest absolute Gasteiger partial charge is 0.263 e. The number of benzene rings is 1. The van der Waals surface area contributed by atoms with E-state index in [4.69, 9.17) is 11.6 Å². The lowest BCUT2D eigenvalue weighted by Crippen LogP contribution is -2.52. The summed E-state index contributed by atoms with van der Waals surface area (Å²) in [6.07, 6.45) is 1.50. The van der Waals surface area contributed by atoms with Gasteiger partial charge in [-0.1, -0.05) is 29.8 Å². The molecule has 0 bridgehead atoms. The van der Waals surface area contributed by atoms with E-state index >= 15 is 0 Å². The molecule has 2 aliphatic rings. The van der Waals surface area contributed by atoms with Gasteiger partial charge in [0.05, 0.1) is 15.6 Å². The van der Waals surface area contributed by atoms with E-state index in [9.17, 15) is 9.59 Å². The van der Waals surface area contributed by atoms with Crippen molar-refractivity contribution >= 4 is 40.4 Å². The number of halogens is 1. The van der Waals surface area contributed by atoms with Gasteiger partial charge in [0.25, 0.3) is 5.91 Å². The summed E-state index contributed by atoms with van der Waals surface area (Å²) in [6, 6.07) is 11.6. The molecule has 2 aliphatic heterocycles. The summed E-state index contributed by atoms with van der Waals surface area (Å²) in [5, 5.41) is 2.68. The molecule has 28 heavy (non-hydrogen) atoms. The number of amides is 2. The molecule has 7 heteroatoms. The van der Waals surface area contributed by atoms with E-state index < -0.39 is 0 Å². The van der Waals surface area contributed by atoms with Crippen molar-refractivity contribution in [3.05, 3.63) is 51.7 Å². The molecule has 2 fully saturated rings. The van der Waals surface area contributed by atoms with Gasteiger partial charge in [0.2, 0.25) is 5.91 Å². The number of hydrogen-bond donors (Lipinski definition) is 0. The largest absolute Gasteiger partial charge is 0.367 e. The second-order valence-corrected chi connectivity index (χ2v) is 8.66. The van der Waals surface area contributed by atoms with Gasteiger partial charge in [-0.15, -0.1) is 11.3 Å². The quantitative estimate of drug-likeness (QED) is 0.766. The van der Waals surface area contributed by atoms with Crippen molar-refractivity contribution in [2.75, 3.05) is 44.2 Å². The van der Waals surface area contributed by atoms with E-state index in [2.05, 4.69) is 4.90 Å². The third kappa shape index (κ3) is 4.03. The van der Waals surface area contributed by atoms with Crippen LogP contribution in [-0.4, -0.2) is 60.9 Å². The van der Waals surface area contributed by atoms with Crippen molar-refractivity contribution in [1.82, 2.24) is 9.80 Å². The lowest BCUT2D eigenvalue weighted by Gasteiger charge is -2.39. The Kier molecular flexibility index (Phi) is 5.87. The molecule has 1 aromatic heterocycles. The SMILES string of the molecule is O=C(c1cccs1)N1CCC(C(=O)N2CCN(c3ccccc3Cl)CC2)CC1. The lowest BCUT2D eigenvalue weighted by molar-refractivity contribution is -0.137. The third-order valence-electron chi connectivity index (χ3n) is 5.65. The minimum Gasteiger partial charge on any atom is -0.367 e. The summed E-state index contributed by atoms with van der Waals surface area (Å²) in [5.74, 6) is 0.357. The number of rotatable bonds is 3. The Morgan fingerprint density at radius 3 is 2.25 bits per heavy atom. The van der Waals surface area contributed by atoms with Crippen LogP contribution in [0, 0.1) is 5.92 Å². The second-order valence-electron chi connectivity index (χ2n) is 7.31. The van der Waals surface area contributed by atoms with Gasteiger partial charge in [0, 0.05) is 45.2 Å². The van der Waals surface area contributed by atoms with Gasteiger partial charge in [-0.05, 0) is 36.4 Å². The topological polar surface area (TPSA) is 43.9 Å². The number of para-hydroxylation sites is 1. The van der Waals surface area contributed by atoms with E-state index in [1.54, 1.807) is 0 Å². The first-order valence-corrected chi connectivity index (χ1v) is 11.0. The molecule has 0 spiro atoms. The summed E-state index contributed by atoms with van der Waals surface area (Å²) in [6.45, 7) is 4.35. The average Bonchev–Trinajstić information content (AvgIpc) is 3.28. The molecule has 1 aromatic carbocycles. The average molecular weight is 418 g/mol. The van der Waals surface area contributed by atoms with Gasteiger partial charge < -0.3 is 14.7 Å². The fourth-order valence-corrected chi connectivity index (χ4v) is 4.97. The molecule has 4 rings (SSSR count). The standard InChI is InChI=1S/C21H24ClN3O2S/c22-17-4-1-2-5-18(17)23-11-13-25(14-12-23)20(26)16-7-9-24(10-8-16)21(27)19-6-3-15-28-19/h1-6,15-16H,7-14H2. The zero-order valence-electron chi connectivity index (χ0n) is 15.7. The minimum atomic E-state index is 0.0271. The highest BCUT2D eigenvalue weighted by molar-refractivity contribution is 7.12. The Labute approximate surface area is 174 Å². The van der Waals surface area contributed by atoms with E-state index in [1.807, 2.05) is 51.6 Å². The van der Waals surface area contributed by atoms with E-state index in [0.29, 0.717) is 13.1 Å². The van der Waals surface area contributed by atoms with Gasteiger partial charge >= 0.3 is 0 Å².